The minimum atomic E-state index is -0.0643. The average molecular weight is 370 g/mol. The number of ether oxygens (including phenoxy) is 2. The van der Waals surface area contributed by atoms with Crippen molar-refractivity contribution < 1.29 is 14.3 Å². The quantitative estimate of drug-likeness (QED) is 0.607. The van der Waals surface area contributed by atoms with Crippen molar-refractivity contribution in [1.82, 2.24) is 9.47 Å². The number of carbonyl (C=O) groups is 1. The first-order chi connectivity index (χ1) is 12.7. The smallest absolute Gasteiger partial charge is 0.261 e. The Morgan fingerprint density at radius 3 is 2.54 bits per heavy atom. The SMILES string of the molecule is COc1ccccc1OCC(=O)N(Cc1cccs1)Cc1cccn1C. The molecule has 0 saturated heterocycles. The lowest BCUT2D eigenvalue weighted by Gasteiger charge is -2.23. The molecule has 26 heavy (non-hydrogen) atoms. The van der Waals surface area contributed by atoms with E-state index in [4.69, 9.17) is 9.47 Å². The van der Waals surface area contributed by atoms with E-state index in [1.54, 1.807) is 24.5 Å². The third-order valence-corrected chi connectivity index (χ3v) is 4.97. The molecule has 136 valence electrons. The van der Waals surface area contributed by atoms with E-state index in [2.05, 4.69) is 0 Å². The fourth-order valence-electron chi connectivity index (χ4n) is 2.65. The Balaban J connectivity index is 1.70. The minimum absolute atomic E-state index is 0.0316. The molecule has 0 N–H and O–H groups in total. The molecule has 0 atom stereocenters. The first-order valence-corrected chi connectivity index (χ1v) is 9.21. The molecule has 0 radical (unpaired) electrons. The molecule has 3 aromatic rings. The van der Waals surface area contributed by atoms with Crippen LogP contribution < -0.4 is 9.47 Å². The molecule has 1 amide bonds. The lowest BCUT2D eigenvalue weighted by Crippen LogP contribution is -2.34. The predicted molar refractivity (Wildman–Crippen MR) is 102 cm³/mol. The van der Waals surface area contributed by atoms with Crippen molar-refractivity contribution in [2.75, 3.05) is 13.7 Å². The normalized spacial score (nSPS) is 10.5. The standard InChI is InChI=1S/C20H22N2O3S/c1-21-11-5-7-16(21)13-22(14-17-8-6-12-26-17)20(23)15-25-19-10-4-3-9-18(19)24-2/h3-12H,13-15H2,1-2H3. The van der Waals surface area contributed by atoms with E-state index in [1.165, 1.54) is 0 Å². The second-order valence-corrected chi connectivity index (χ2v) is 6.91. The van der Waals surface area contributed by atoms with Crippen LogP contribution in [0.4, 0.5) is 0 Å². The van der Waals surface area contributed by atoms with Gasteiger partial charge in [-0.15, -0.1) is 11.3 Å². The third-order valence-electron chi connectivity index (χ3n) is 4.10. The Kier molecular flexibility index (Phi) is 5.96. The van der Waals surface area contributed by atoms with Gasteiger partial charge in [0, 0.05) is 23.8 Å². The van der Waals surface area contributed by atoms with Crippen LogP contribution in [0.5, 0.6) is 11.5 Å². The molecule has 1 aromatic carbocycles. The zero-order valence-electron chi connectivity index (χ0n) is 14.9. The van der Waals surface area contributed by atoms with Gasteiger partial charge in [0.05, 0.1) is 20.2 Å². The molecule has 0 bridgehead atoms. The van der Waals surface area contributed by atoms with Crippen LogP contribution in [-0.2, 0) is 24.9 Å². The average Bonchev–Trinajstić information content (AvgIpc) is 3.31. The van der Waals surface area contributed by atoms with Gasteiger partial charge in [0.15, 0.2) is 18.1 Å². The predicted octanol–water partition coefficient (Wildman–Crippen LogP) is 3.70. The van der Waals surface area contributed by atoms with E-state index in [-0.39, 0.29) is 12.5 Å². The Hall–Kier alpha value is -2.73. The molecule has 0 aliphatic rings. The van der Waals surface area contributed by atoms with Crippen molar-refractivity contribution in [3.8, 4) is 11.5 Å². The molecule has 0 unspecified atom stereocenters. The summed E-state index contributed by atoms with van der Waals surface area (Å²) in [6.07, 6.45) is 1.98. The van der Waals surface area contributed by atoms with Gasteiger partial charge in [-0.1, -0.05) is 18.2 Å². The zero-order chi connectivity index (χ0) is 18.4. The molecular formula is C20H22N2O3S. The van der Waals surface area contributed by atoms with Gasteiger partial charge < -0.3 is 18.9 Å². The van der Waals surface area contributed by atoms with Crippen LogP contribution in [0.1, 0.15) is 10.6 Å². The summed E-state index contributed by atoms with van der Waals surface area (Å²) in [4.78, 5) is 15.8. The number of carbonyl (C=O) groups excluding carboxylic acids is 1. The van der Waals surface area contributed by atoms with E-state index >= 15 is 0 Å². The summed E-state index contributed by atoms with van der Waals surface area (Å²) >= 11 is 1.64. The number of thiophene rings is 1. The lowest BCUT2D eigenvalue weighted by atomic mass is 10.3. The second kappa shape index (κ2) is 8.58. The summed E-state index contributed by atoms with van der Waals surface area (Å²) in [7, 11) is 3.57. The Labute approximate surface area is 157 Å². The molecule has 0 fully saturated rings. The summed E-state index contributed by atoms with van der Waals surface area (Å²) in [5.74, 6) is 1.12. The van der Waals surface area contributed by atoms with Crippen LogP contribution in [0, 0.1) is 0 Å². The molecule has 0 spiro atoms. The van der Waals surface area contributed by atoms with Crippen LogP contribution in [0.15, 0.2) is 60.1 Å². The van der Waals surface area contributed by atoms with Gasteiger partial charge in [0.25, 0.3) is 5.91 Å². The number of methoxy groups -OCH3 is 1. The summed E-state index contributed by atoms with van der Waals surface area (Å²) in [6.45, 7) is 1.07. The van der Waals surface area contributed by atoms with E-state index in [1.807, 2.05) is 70.6 Å². The maximum atomic E-state index is 12.8. The number of rotatable bonds is 8. The number of para-hydroxylation sites is 2. The van der Waals surface area contributed by atoms with Gasteiger partial charge in [0.1, 0.15) is 0 Å². The minimum Gasteiger partial charge on any atom is -0.493 e. The highest BCUT2D eigenvalue weighted by atomic mass is 32.1. The van der Waals surface area contributed by atoms with E-state index in [0.29, 0.717) is 24.6 Å². The van der Waals surface area contributed by atoms with E-state index in [9.17, 15) is 4.79 Å². The van der Waals surface area contributed by atoms with Crippen LogP contribution >= 0.6 is 11.3 Å². The largest absolute Gasteiger partial charge is 0.493 e. The molecule has 2 heterocycles. The van der Waals surface area contributed by atoms with Crippen molar-refractivity contribution in [2.24, 2.45) is 7.05 Å². The number of amides is 1. The molecular weight excluding hydrogens is 348 g/mol. The van der Waals surface area contributed by atoms with Crippen molar-refractivity contribution in [3.05, 3.63) is 70.7 Å². The fourth-order valence-corrected chi connectivity index (χ4v) is 3.37. The van der Waals surface area contributed by atoms with Crippen molar-refractivity contribution in [2.45, 2.75) is 13.1 Å². The second-order valence-electron chi connectivity index (χ2n) is 5.88. The van der Waals surface area contributed by atoms with Crippen LogP contribution in [-0.4, -0.2) is 29.1 Å². The molecule has 2 aromatic heterocycles. The Morgan fingerprint density at radius 1 is 1.08 bits per heavy atom. The van der Waals surface area contributed by atoms with Crippen LogP contribution in [0.3, 0.4) is 0 Å². The third kappa shape index (κ3) is 4.46. The first kappa shape index (κ1) is 18.1. The zero-order valence-corrected chi connectivity index (χ0v) is 15.7. The number of nitrogens with zero attached hydrogens (tertiary/aromatic N) is 2. The Bertz CT molecular complexity index is 842. The van der Waals surface area contributed by atoms with Crippen molar-refractivity contribution in [1.29, 1.82) is 0 Å². The molecule has 6 heteroatoms. The van der Waals surface area contributed by atoms with Crippen LogP contribution in [0.2, 0.25) is 0 Å². The topological polar surface area (TPSA) is 43.7 Å². The highest BCUT2D eigenvalue weighted by molar-refractivity contribution is 7.09. The van der Waals surface area contributed by atoms with Gasteiger partial charge in [-0.25, -0.2) is 0 Å². The number of hydrogen-bond donors (Lipinski definition) is 0. The van der Waals surface area contributed by atoms with Gasteiger partial charge in [-0.05, 0) is 35.7 Å². The van der Waals surface area contributed by atoms with Gasteiger partial charge in [-0.3, -0.25) is 4.79 Å². The van der Waals surface area contributed by atoms with Crippen molar-refractivity contribution in [3.63, 3.8) is 0 Å². The van der Waals surface area contributed by atoms with Gasteiger partial charge in [0.2, 0.25) is 0 Å². The monoisotopic (exact) mass is 370 g/mol. The molecule has 0 aliphatic heterocycles. The maximum absolute atomic E-state index is 12.8. The van der Waals surface area contributed by atoms with Crippen molar-refractivity contribution >= 4 is 17.2 Å². The number of aryl methyl sites for hydroxylation is 1. The van der Waals surface area contributed by atoms with Crippen LogP contribution in [0.25, 0.3) is 0 Å². The lowest BCUT2D eigenvalue weighted by molar-refractivity contribution is -0.134. The molecule has 3 rings (SSSR count). The Morgan fingerprint density at radius 2 is 1.88 bits per heavy atom. The first-order valence-electron chi connectivity index (χ1n) is 8.33. The summed E-state index contributed by atoms with van der Waals surface area (Å²) in [5.41, 5.74) is 1.08. The number of aromatic nitrogens is 1. The van der Waals surface area contributed by atoms with Gasteiger partial charge >= 0.3 is 0 Å². The summed E-state index contributed by atoms with van der Waals surface area (Å²) < 4.78 is 13.0. The maximum Gasteiger partial charge on any atom is 0.261 e. The molecule has 0 saturated carbocycles. The van der Waals surface area contributed by atoms with Gasteiger partial charge in [-0.2, -0.15) is 0 Å². The van der Waals surface area contributed by atoms with E-state index in [0.717, 1.165) is 10.6 Å². The summed E-state index contributed by atoms with van der Waals surface area (Å²) in [6, 6.07) is 15.4. The highest BCUT2D eigenvalue weighted by Gasteiger charge is 2.18. The number of hydrogen-bond acceptors (Lipinski definition) is 4. The fraction of sp³-hybridized carbons (Fsp3) is 0.250. The highest BCUT2D eigenvalue weighted by Crippen LogP contribution is 2.26. The number of benzene rings is 1. The molecule has 0 aliphatic carbocycles. The van der Waals surface area contributed by atoms with E-state index < -0.39 is 0 Å². The molecule has 5 nitrogen and oxygen atoms in total. The summed E-state index contributed by atoms with van der Waals surface area (Å²) in [5, 5.41) is 2.02.